The summed E-state index contributed by atoms with van der Waals surface area (Å²) in [7, 11) is 3.01. The van der Waals surface area contributed by atoms with Gasteiger partial charge in [0.15, 0.2) is 5.78 Å². The third-order valence-electron chi connectivity index (χ3n) is 2.99. The summed E-state index contributed by atoms with van der Waals surface area (Å²) in [6, 6.07) is 7.92. The van der Waals surface area contributed by atoms with Gasteiger partial charge in [-0.2, -0.15) is 0 Å². The smallest absolute Gasteiger partial charge is 0.196 e. The summed E-state index contributed by atoms with van der Waals surface area (Å²) in [6.07, 6.45) is 0. The first-order valence-electron chi connectivity index (χ1n) is 5.99. The number of nitrogens with two attached hydrogens (primary N) is 1. The fourth-order valence-electron chi connectivity index (χ4n) is 1.86. The lowest BCUT2D eigenvalue weighted by Gasteiger charge is -2.11. The van der Waals surface area contributed by atoms with E-state index in [0.717, 1.165) is 0 Å². The molecule has 0 aliphatic rings. The van der Waals surface area contributed by atoms with Gasteiger partial charge < -0.3 is 15.2 Å². The summed E-state index contributed by atoms with van der Waals surface area (Å²) in [6.45, 7) is 0. The first-order valence-corrected chi connectivity index (χ1v) is 6.74. The van der Waals surface area contributed by atoms with Crippen molar-refractivity contribution in [3.8, 4) is 11.5 Å². The summed E-state index contributed by atoms with van der Waals surface area (Å²) in [5.41, 5.74) is 6.59. The van der Waals surface area contributed by atoms with Crippen LogP contribution >= 0.6 is 23.2 Å². The van der Waals surface area contributed by atoms with Crippen molar-refractivity contribution in [2.45, 2.75) is 0 Å². The quantitative estimate of drug-likeness (QED) is 0.685. The van der Waals surface area contributed by atoms with Crippen molar-refractivity contribution in [2.75, 3.05) is 20.0 Å². The molecule has 0 unspecified atom stereocenters. The number of benzene rings is 2. The minimum absolute atomic E-state index is 0.229. The number of anilines is 1. The summed E-state index contributed by atoms with van der Waals surface area (Å²) >= 11 is 11.9. The highest BCUT2D eigenvalue weighted by Crippen LogP contribution is 2.32. The summed E-state index contributed by atoms with van der Waals surface area (Å²) in [4.78, 5) is 12.6. The van der Waals surface area contributed by atoms with Crippen LogP contribution in [0, 0.1) is 0 Å². The minimum Gasteiger partial charge on any atom is -0.497 e. The van der Waals surface area contributed by atoms with Crippen molar-refractivity contribution in [2.24, 2.45) is 0 Å². The standard InChI is InChI=1S/C15H13Cl2NO3/c1-20-9-3-4-13(21-2)10(7-9)15(19)8-5-11(16)14(18)12(17)6-8/h3-7H,18H2,1-2H3. The van der Waals surface area contributed by atoms with Crippen molar-refractivity contribution in [3.63, 3.8) is 0 Å². The predicted octanol–water partition coefficient (Wildman–Crippen LogP) is 3.82. The number of methoxy groups -OCH3 is 2. The molecule has 4 nitrogen and oxygen atoms in total. The fraction of sp³-hybridized carbons (Fsp3) is 0.133. The van der Waals surface area contributed by atoms with Gasteiger partial charge in [0, 0.05) is 5.56 Å². The first-order chi connectivity index (χ1) is 9.97. The Hall–Kier alpha value is -1.91. The molecule has 0 aromatic heterocycles. The Morgan fingerprint density at radius 1 is 1.05 bits per heavy atom. The molecule has 0 atom stereocenters. The molecule has 0 aliphatic heterocycles. The molecule has 2 aromatic rings. The molecule has 6 heteroatoms. The molecule has 21 heavy (non-hydrogen) atoms. The molecular weight excluding hydrogens is 313 g/mol. The van der Waals surface area contributed by atoms with E-state index in [0.29, 0.717) is 22.6 Å². The number of hydrogen-bond donors (Lipinski definition) is 1. The molecule has 0 heterocycles. The number of hydrogen-bond acceptors (Lipinski definition) is 4. The molecule has 0 bridgehead atoms. The molecule has 0 aliphatic carbocycles. The van der Waals surface area contributed by atoms with Crippen molar-refractivity contribution >= 4 is 34.7 Å². The van der Waals surface area contributed by atoms with E-state index >= 15 is 0 Å². The lowest BCUT2D eigenvalue weighted by molar-refractivity contribution is 0.103. The van der Waals surface area contributed by atoms with Crippen LogP contribution in [0.2, 0.25) is 10.0 Å². The molecule has 2 N–H and O–H groups in total. The molecule has 0 amide bonds. The number of nitrogen functional groups attached to an aromatic ring is 1. The van der Waals surface area contributed by atoms with Crippen LogP contribution in [0.3, 0.4) is 0 Å². The van der Waals surface area contributed by atoms with E-state index in [1.165, 1.54) is 26.4 Å². The third kappa shape index (κ3) is 3.06. The molecule has 0 radical (unpaired) electrons. The second kappa shape index (κ2) is 6.24. The van der Waals surface area contributed by atoms with Gasteiger partial charge in [-0.15, -0.1) is 0 Å². The Morgan fingerprint density at radius 3 is 2.19 bits per heavy atom. The predicted molar refractivity (Wildman–Crippen MR) is 83.9 cm³/mol. The highest BCUT2D eigenvalue weighted by molar-refractivity contribution is 6.39. The van der Waals surface area contributed by atoms with Gasteiger partial charge in [0.25, 0.3) is 0 Å². The van der Waals surface area contributed by atoms with E-state index in [1.54, 1.807) is 18.2 Å². The van der Waals surface area contributed by atoms with Crippen LogP contribution < -0.4 is 15.2 Å². The van der Waals surface area contributed by atoms with E-state index < -0.39 is 0 Å². The number of ether oxygens (including phenoxy) is 2. The number of rotatable bonds is 4. The van der Waals surface area contributed by atoms with Crippen LogP contribution in [0.5, 0.6) is 11.5 Å². The van der Waals surface area contributed by atoms with Gasteiger partial charge in [-0.05, 0) is 30.3 Å². The lowest BCUT2D eigenvalue weighted by atomic mass is 10.0. The summed E-state index contributed by atoms with van der Waals surface area (Å²) in [5, 5.41) is 0.459. The second-order valence-electron chi connectivity index (χ2n) is 4.25. The number of ketones is 1. The molecule has 0 fully saturated rings. The maximum absolute atomic E-state index is 12.6. The molecular formula is C15H13Cl2NO3. The van der Waals surface area contributed by atoms with Gasteiger partial charge in [-0.3, -0.25) is 4.79 Å². The minimum atomic E-state index is -0.283. The zero-order valence-corrected chi connectivity index (χ0v) is 13.0. The van der Waals surface area contributed by atoms with Crippen molar-refractivity contribution < 1.29 is 14.3 Å². The van der Waals surface area contributed by atoms with E-state index in [-0.39, 0.29) is 21.5 Å². The summed E-state index contributed by atoms with van der Waals surface area (Å²) < 4.78 is 10.3. The van der Waals surface area contributed by atoms with Crippen molar-refractivity contribution in [1.29, 1.82) is 0 Å². The Bertz CT molecular complexity index is 678. The van der Waals surface area contributed by atoms with Gasteiger partial charge >= 0.3 is 0 Å². The van der Waals surface area contributed by atoms with Crippen LogP contribution in [0.4, 0.5) is 5.69 Å². The number of halogens is 2. The van der Waals surface area contributed by atoms with Crippen LogP contribution in [0.15, 0.2) is 30.3 Å². The monoisotopic (exact) mass is 325 g/mol. The van der Waals surface area contributed by atoms with E-state index in [1.807, 2.05) is 0 Å². The zero-order chi connectivity index (χ0) is 15.6. The largest absolute Gasteiger partial charge is 0.497 e. The molecule has 2 aromatic carbocycles. The SMILES string of the molecule is COc1ccc(OC)c(C(=O)c2cc(Cl)c(N)c(Cl)c2)c1. The molecule has 0 saturated carbocycles. The van der Waals surface area contributed by atoms with Crippen LogP contribution in [0.25, 0.3) is 0 Å². The topological polar surface area (TPSA) is 61.5 Å². The Labute approximate surface area is 132 Å². The van der Waals surface area contributed by atoms with Crippen molar-refractivity contribution in [1.82, 2.24) is 0 Å². The average Bonchev–Trinajstić information content (AvgIpc) is 2.50. The van der Waals surface area contributed by atoms with Gasteiger partial charge in [0.05, 0.1) is 35.5 Å². The summed E-state index contributed by atoms with van der Waals surface area (Å²) in [5.74, 6) is 0.700. The molecule has 2 rings (SSSR count). The van der Waals surface area contributed by atoms with Crippen LogP contribution in [-0.2, 0) is 0 Å². The molecule has 0 saturated heterocycles. The Morgan fingerprint density at radius 2 is 1.67 bits per heavy atom. The van der Waals surface area contributed by atoms with Gasteiger partial charge in [0.2, 0.25) is 0 Å². The highest BCUT2D eigenvalue weighted by atomic mass is 35.5. The first kappa shape index (κ1) is 15.5. The Balaban J connectivity index is 2.54. The number of carbonyl (C=O) groups excluding carboxylic acids is 1. The third-order valence-corrected chi connectivity index (χ3v) is 3.62. The Kier molecular flexibility index (Phi) is 4.60. The van der Waals surface area contributed by atoms with Crippen LogP contribution in [-0.4, -0.2) is 20.0 Å². The fourth-order valence-corrected chi connectivity index (χ4v) is 2.35. The number of carbonyl (C=O) groups is 1. The molecule has 0 spiro atoms. The maximum Gasteiger partial charge on any atom is 0.196 e. The highest BCUT2D eigenvalue weighted by Gasteiger charge is 2.18. The second-order valence-corrected chi connectivity index (χ2v) is 5.06. The van der Waals surface area contributed by atoms with Crippen molar-refractivity contribution in [3.05, 3.63) is 51.5 Å². The van der Waals surface area contributed by atoms with Gasteiger partial charge in [0.1, 0.15) is 11.5 Å². The van der Waals surface area contributed by atoms with Gasteiger partial charge in [-0.25, -0.2) is 0 Å². The van der Waals surface area contributed by atoms with E-state index in [9.17, 15) is 4.79 Å². The van der Waals surface area contributed by atoms with E-state index in [4.69, 9.17) is 38.4 Å². The average molecular weight is 326 g/mol. The van der Waals surface area contributed by atoms with E-state index in [2.05, 4.69) is 0 Å². The molecule has 110 valence electrons. The lowest BCUT2D eigenvalue weighted by Crippen LogP contribution is -2.05. The maximum atomic E-state index is 12.6. The van der Waals surface area contributed by atoms with Crippen LogP contribution in [0.1, 0.15) is 15.9 Å². The zero-order valence-electron chi connectivity index (χ0n) is 11.4. The van der Waals surface area contributed by atoms with Gasteiger partial charge in [-0.1, -0.05) is 23.2 Å². The normalized spacial score (nSPS) is 10.3.